The molecule has 0 radical (unpaired) electrons. The molecule has 1 aliphatic rings. The van der Waals surface area contributed by atoms with Crippen molar-refractivity contribution >= 4 is 21.6 Å². The van der Waals surface area contributed by atoms with Crippen molar-refractivity contribution in [2.75, 3.05) is 50.5 Å². The zero-order valence-corrected chi connectivity index (χ0v) is 15.9. The second-order valence-electron chi connectivity index (χ2n) is 6.32. The zero-order chi connectivity index (χ0) is 18.4. The number of amides is 1. The van der Waals surface area contributed by atoms with Crippen LogP contribution in [0.3, 0.4) is 0 Å². The summed E-state index contributed by atoms with van der Waals surface area (Å²) in [5.41, 5.74) is 0.978. The molecule has 0 aromatic heterocycles. The molecule has 7 nitrogen and oxygen atoms in total. The van der Waals surface area contributed by atoms with E-state index in [-0.39, 0.29) is 24.1 Å². The summed E-state index contributed by atoms with van der Waals surface area (Å²) >= 11 is 0. The van der Waals surface area contributed by atoms with E-state index in [1.54, 1.807) is 21.0 Å². The van der Waals surface area contributed by atoms with Crippen LogP contribution in [0.25, 0.3) is 0 Å². The lowest BCUT2D eigenvalue weighted by Crippen LogP contribution is -2.50. The molecule has 8 heteroatoms. The molecule has 1 saturated heterocycles. The average Bonchev–Trinajstić information content (AvgIpc) is 2.61. The number of rotatable bonds is 7. The third-order valence-electron chi connectivity index (χ3n) is 4.24. The summed E-state index contributed by atoms with van der Waals surface area (Å²) in [4.78, 5) is 13.7. The molecule has 0 aliphatic carbocycles. The van der Waals surface area contributed by atoms with Gasteiger partial charge in [-0.3, -0.25) is 4.79 Å². The quantitative estimate of drug-likeness (QED) is 0.773. The number of carbonyl (C=O) groups is 1. The van der Waals surface area contributed by atoms with Crippen molar-refractivity contribution in [1.82, 2.24) is 9.62 Å². The topological polar surface area (TPSA) is 79.0 Å². The molecule has 1 heterocycles. The van der Waals surface area contributed by atoms with Crippen LogP contribution in [0.1, 0.15) is 13.8 Å². The number of sulfonamides is 1. The molecular formula is C17H27N3O4S. The molecule has 0 saturated carbocycles. The smallest absolute Gasteiger partial charge is 0.222 e. The second-order valence-corrected chi connectivity index (χ2v) is 8.41. The van der Waals surface area contributed by atoms with E-state index in [4.69, 9.17) is 4.74 Å². The van der Waals surface area contributed by atoms with Crippen LogP contribution in [-0.4, -0.2) is 64.2 Å². The van der Waals surface area contributed by atoms with Crippen molar-refractivity contribution in [2.45, 2.75) is 13.8 Å². The predicted molar refractivity (Wildman–Crippen MR) is 98.4 cm³/mol. The van der Waals surface area contributed by atoms with Gasteiger partial charge in [0, 0.05) is 38.6 Å². The largest absolute Gasteiger partial charge is 0.495 e. The lowest BCUT2D eigenvalue weighted by atomic mass is 10.2. The lowest BCUT2D eigenvalue weighted by molar-refractivity contribution is -0.123. The van der Waals surface area contributed by atoms with Crippen LogP contribution in [0.2, 0.25) is 0 Å². The van der Waals surface area contributed by atoms with Crippen LogP contribution in [0, 0.1) is 5.92 Å². The minimum Gasteiger partial charge on any atom is -0.495 e. The van der Waals surface area contributed by atoms with Gasteiger partial charge in [0.2, 0.25) is 15.9 Å². The molecule has 1 N–H and O–H groups in total. The molecule has 1 aromatic rings. The van der Waals surface area contributed by atoms with Gasteiger partial charge in [-0.25, -0.2) is 8.42 Å². The minimum atomic E-state index is -3.37. The maximum Gasteiger partial charge on any atom is 0.222 e. The first-order chi connectivity index (χ1) is 11.8. The van der Waals surface area contributed by atoms with Crippen molar-refractivity contribution in [3.63, 3.8) is 0 Å². The van der Waals surface area contributed by atoms with E-state index in [1.807, 2.05) is 24.3 Å². The van der Waals surface area contributed by atoms with E-state index in [2.05, 4.69) is 10.2 Å². The van der Waals surface area contributed by atoms with Gasteiger partial charge in [-0.2, -0.15) is 4.31 Å². The highest BCUT2D eigenvalue weighted by Gasteiger charge is 2.27. The molecule has 0 spiro atoms. The second kappa shape index (κ2) is 8.53. The number of nitrogens with one attached hydrogen (secondary N) is 1. The van der Waals surface area contributed by atoms with Crippen LogP contribution in [0.15, 0.2) is 24.3 Å². The number of methoxy groups -OCH3 is 1. The Morgan fingerprint density at radius 1 is 1.20 bits per heavy atom. The highest BCUT2D eigenvalue weighted by atomic mass is 32.2. The number of carbonyl (C=O) groups excluding carboxylic acids is 1. The summed E-state index contributed by atoms with van der Waals surface area (Å²) < 4.78 is 31.7. The van der Waals surface area contributed by atoms with Crippen LogP contribution in [0.5, 0.6) is 5.75 Å². The third kappa shape index (κ3) is 5.09. The first kappa shape index (κ1) is 19.5. The molecule has 25 heavy (non-hydrogen) atoms. The summed E-state index contributed by atoms with van der Waals surface area (Å²) in [5.74, 6) is 0.443. The molecule has 1 aliphatic heterocycles. The summed E-state index contributed by atoms with van der Waals surface area (Å²) in [6.07, 6.45) is 0. The van der Waals surface area contributed by atoms with Crippen molar-refractivity contribution in [3.8, 4) is 5.75 Å². The van der Waals surface area contributed by atoms with Crippen LogP contribution >= 0.6 is 0 Å². The maximum absolute atomic E-state index is 12.4. The number of hydrogen-bond donors (Lipinski definition) is 1. The molecule has 0 unspecified atom stereocenters. The minimum absolute atomic E-state index is 0.0693. The standard InChI is InChI=1S/C17H27N3O4S/c1-14(2)17(21)18-8-13-25(22,23)20-11-9-19(10-12-20)15-6-4-5-7-16(15)24-3/h4-7,14H,8-13H2,1-3H3,(H,18,21). The van der Waals surface area contributed by atoms with Crippen LogP contribution in [0.4, 0.5) is 5.69 Å². The Bertz CT molecular complexity index is 683. The maximum atomic E-state index is 12.4. The molecule has 2 rings (SSSR count). The Morgan fingerprint density at radius 3 is 2.44 bits per heavy atom. The number of para-hydroxylation sites is 2. The molecule has 1 fully saturated rings. The normalized spacial score (nSPS) is 16.1. The first-order valence-corrected chi connectivity index (χ1v) is 10.1. The van der Waals surface area contributed by atoms with Gasteiger partial charge in [0.25, 0.3) is 0 Å². The molecule has 140 valence electrons. The van der Waals surface area contributed by atoms with E-state index in [0.29, 0.717) is 26.2 Å². The van der Waals surface area contributed by atoms with E-state index in [9.17, 15) is 13.2 Å². The number of benzene rings is 1. The molecule has 0 atom stereocenters. The number of hydrogen-bond acceptors (Lipinski definition) is 5. The Hall–Kier alpha value is -1.80. The van der Waals surface area contributed by atoms with Gasteiger partial charge in [-0.1, -0.05) is 26.0 Å². The fourth-order valence-electron chi connectivity index (χ4n) is 2.73. The molecular weight excluding hydrogens is 342 g/mol. The van der Waals surface area contributed by atoms with Crippen molar-refractivity contribution in [2.24, 2.45) is 5.92 Å². The Morgan fingerprint density at radius 2 is 1.84 bits per heavy atom. The lowest BCUT2D eigenvalue weighted by Gasteiger charge is -2.36. The van der Waals surface area contributed by atoms with Gasteiger partial charge in [-0.05, 0) is 12.1 Å². The molecule has 0 bridgehead atoms. The highest BCUT2D eigenvalue weighted by Crippen LogP contribution is 2.28. The predicted octanol–water partition coefficient (Wildman–Crippen LogP) is 0.919. The first-order valence-electron chi connectivity index (χ1n) is 8.48. The highest BCUT2D eigenvalue weighted by molar-refractivity contribution is 7.89. The zero-order valence-electron chi connectivity index (χ0n) is 15.1. The summed E-state index contributed by atoms with van der Waals surface area (Å²) in [6, 6.07) is 7.73. The molecule has 1 aromatic carbocycles. The summed E-state index contributed by atoms with van der Waals surface area (Å²) in [5, 5.41) is 2.66. The van der Waals surface area contributed by atoms with Crippen molar-refractivity contribution < 1.29 is 17.9 Å². The Labute approximate surface area is 150 Å². The monoisotopic (exact) mass is 369 g/mol. The summed E-state index contributed by atoms with van der Waals surface area (Å²) in [7, 11) is -1.74. The Balaban J connectivity index is 1.89. The van der Waals surface area contributed by atoms with E-state index < -0.39 is 10.0 Å². The van der Waals surface area contributed by atoms with Gasteiger partial charge >= 0.3 is 0 Å². The van der Waals surface area contributed by atoms with Gasteiger partial charge in [-0.15, -0.1) is 0 Å². The Kier molecular flexibility index (Phi) is 6.66. The molecule has 1 amide bonds. The SMILES string of the molecule is COc1ccccc1N1CCN(S(=O)(=O)CCNC(=O)C(C)C)CC1. The van der Waals surface area contributed by atoms with Gasteiger partial charge in [0.05, 0.1) is 18.6 Å². The van der Waals surface area contributed by atoms with E-state index in [1.165, 1.54) is 4.31 Å². The average molecular weight is 369 g/mol. The third-order valence-corrected chi connectivity index (χ3v) is 6.11. The van der Waals surface area contributed by atoms with Gasteiger partial charge in [0.1, 0.15) is 5.75 Å². The number of ether oxygens (including phenoxy) is 1. The van der Waals surface area contributed by atoms with Crippen molar-refractivity contribution in [1.29, 1.82) is 0 Å². The number of anilines is 1. The van der Waals surface area contributed by atoms with E-state index >= 15 is 0 Å². The number of piperazine rings is 1. The van der Waals surface area contributed by atoms with Crippen LogP contribution < -0.4 is 15.0 Å². The van der Waals surface area contributed by atoms with Gasteiger partial charge < -0.3 is 15.0 Å². The van der Waals surface area contributed by atoms with Crippen molar-refractivity contribution in [3.05, 3.63) is 24.3 Å². The number of nitrogens with zero attached hydrogens (tertiary/aromatic N) is 2. The van der Waals surface area contributed by atoms with E-state index in [0.717, 1.165) is 11.4 Å². The van der Waals surface area contributed by atoms with Crippen LogP contribution in [-0.2, 0) is 14.8 Å². The van der Waals surface area contributed by atoms with Gasteiger partial charge in [0.15, 0.2) is 0 Å². The summed E-state index contributed by atoms with van der Waals surface area (Å²) in [6.45, 7) is 5.78. The fourth-order valence-corrected chi connectivity index (χ4v) is 4.07. The fraction of sp³-hybridized carbons (Fsp3) is 0.588.